The fraction of sp³-hybridized carbons (Fsp3) is 0.292. The fourth-order valence-corrected chi connectivity index (χ4v) is 5.61. The van der Waals surface area contributed by atoms with Crippen LogP contribution < -0.4 is 9.64 Å². The summed E-state index contributed by atoms with van der Waals surface area (Å²) in [6.07, 6.45) is 1.32. The van der Waals surface area contributed by atoms with Crippen molar-refractivity contribution in [3.8, 4) is 5.75 Å². The molecule has 1 amide bonds. The average molecular weight is 439 g/mol. The van der Waals surface area contributed by atoms with E-state index in [4.69, 9.17) is 4.74 Å². The number of hydrogen-bond acceptors (Lipinski definition) is 4. The Labute approximate surface area is 183 Å². The molecule has 1 saturated heterocycles. The van der Waals surface area contributed by atoms with E-state index < -0.39 is 10.0 Å². The summed E-state index contributed by atoms with van der Waals surface area (Å²) in [5, 5.41) is 1.88. The number of hydrogen-bond donors (Lipinski definition) is 0. The molecule has 1 fully saturated rings. The first kappa shape index (κ1) is 21.3. The van der Waals surface area contributed by atoms with Crippen LogP contribution in [0, 0.1) is 5.92 Å². The zero-order valence-electron chi connectivity index (χ0n) is 17.7. The number of nitrogens with zero attached hydrogens (tertiary/aromatic N) is 2. The van der Waals surface area contributed by atoms with Crippen molar-refractivity contribution in [1.82, 2.24) is 4.31 Å². The van der Waals surface area contributed by atoms with Crippen molar-refractivity contribution in [2.24, 2.45) is 5.92 Å². The van der Waals surface area contributed by atoms with Crippen molar-refractivity contribution >= 4 is 32.4 Å². The monoisotopic (exact) mass is 438 g/mol. The topological polar surface area (TPSA) is 66.9 Å². The maximum absolute atomic E-state index is 13.3. The third-order valence-electron chi connectivity index (χ3n) is 5.88. The van der Waals surface area contributed by atoms with E-state index in [1.807, 2.05) is 42.5 Å². The Morgan fingerprint density at radius 2 is 1.74 bits per heavy atom. The molecule has 7 heteroatoms. The zero-order chi connectivity index (χ0) is 22.0. The van der Waals surface area contributed by atoms with Gasteiger partial charge >= 0.3 is 0 Å². The van der Waals surface area contributed by atoms with E-state index in [-0.39, 0.29) is 23.3 Å². The SMILES string of the molecule is COc1ccc(N(C)C(=O)[C@H]2CCCN(S(=O)(=O)c3ccc4ccccc4c3)C2)cc1. The van der Waals surface area contributed by atoms with Crippen LogP contribution in [0.5, 0.6) is 5.75 Å². The molecule has 0 bridgehead atoms. The van der Waals surface area contributed by atoms with Crippen molar-refractivity contribution < 1.29 is 17.9 Å². The standard InChI is InChI=1S/C24H26N2O4S/c1-25(21-10-12-22(30-2)13-11-21)24(27)20-8-5-15-26(17-20)31(28,29)23-14-9-18-6-3-4-7-19(18)16-23/h3-4,6-7,9-14,16,20H,5,8,15,17H2,1-2H3/t20-/m0/s1. The van der Waals surface area contributed by atoms with E-state index in [1.165, 1.54) is 4.31 Å². The van der Waals surface area contributed by atoms with Crippen LogP contribution in [-0.2, 0) is 14.8 Å². The number of anilines is 1. The molecular formula is C24H26N2O4S. The van der Waals surface area contributed by atoms with Crippen LogP contribution in [0.15, 0.2) is 71.6 Å². The third-order valence-corrected chi connectivity index (χ3v) is 7.74. The number of carbonyl (C=O) groups excluding carboxylic acids is 1. The largest absolute Gasteiger partial charge is 0.497 e. The predicted molar refractivity (Wildman–Crippen MR) is 122 cm³/mol. The second-order valence-corrected chi connectivity index (χ2v) is 9.74. The lowest BCUT2D eigenvalue weighted by atomic mass is 9.98. The second-order valence-electron chi connectivity index (χ2n) is 7.81. The van der Waals surface area contributed by atoms with E-state index in [2.05, 4.69) is 0 Å². The molecule has 0 N–H and O–H groups in total. The molecule has 0 unspecified atom stereocenters. The van der Waals surface area contributed by atoms with Crippen molar-refractivity contribution in [2.75, 3.05) is 32.1 Å². The Hall–Kier alpha value is -2.90. The highest BCUT2D eigenvalue weighted by Gasteiger charge is 2.34. The van der Waals surface area contributed by atoms with Crippen LogP contribution >= 0.6 is 0 Å². The number of carbonyl (C=O) groups is 1. The van der Waals surface area contributed by atoms with Gasteiger partial charge in [0.05, 0.1) is 17.9 Å². The molecule has 0 aliphatic carbocycles. The van der Waals surface area contributed by atoms with Crippen molar-refractivity contribution in [3.63, 3.8) is 0 Å². The van der Waals surface area contributed by atoms with Gasteiger partial charge in [0.2, 0.25) is 15.9 Å². The summed E-state index contributed by atoms with van der Waals surface area (Å²) in [5.74, 6) is 0.259. The smallest absolute Gasteiger partial charge is 0.243 e. The second kappa shape index (κ2) is 8.69. The van der Waals surface area contributed by atoms with Gasteiger partial charge in [0, 0.05) is 25.8 Å². The Bertz CT molecular complexity index is 1190. The summed E-state index contributed by atoms with van der Waals surface area (Å²) < 4.78 is 33.2. The van der Waals surface area contributed by atoms with Crippen molar-refractivity contribution in [2.45, 2.75) is 17.7 Å². The molecule has 0 saturated carbocycles. The number of rotatable bonds is 5. The van der Waals surface area contributed by atoms with Crippen LogP contribution in [0.25, 0.3) is 10.8 Å². The number of benzene rings is 3. The van der Waals surface area contributed by atoms with E-state index in [1.54, 1.807) is 43.3 Å². The minimum absolute atomic E-state index is 0.0800. The van der Waals surface area contributed by atoms with Crippen LogP contribution in [0.4, 0.5) is 5.69 Å². The van der Waals surface area contributed by atoms with Crippen LogP contribution in [0.3, 0.4) is 0 Å². The summed E-state index contributed by atoms with van der Waals surface area (Å²) in [6, 6.07) is 20.1. The van der Waals surface area contributed by atoms with Gasteiger partial charge in [-0.2, -0.15) is 4.31 Å². The molecule has 0 spiro atoms. The first-order chi connectivity index (χ1) is 14.9. The van der Waals surface area contributed by atoms with Gasteiger partial charge in [-0.25, -0.2) is 8.42 Å². The van der Waals surface area contributed by atoms with Gasteiger partial charge in [0.1, 0.15) is 5.75 Å². The molecule has 162 valence electrons. The minimum Gasteiger partial charge on any atom is -0.497 e. The summed E-state index contributed by atoms with van der Waals surface area (Å²) in [6.45, 7) is 0.611. The molecule has 1 aliphatic heterocycles. The number of methoxy groups -OCH3 is 1. The van der Waals surface area contributed by atoms with Gasteiger partial charge < -0.3 is 9.64 Å². The van der Waals surface area contributed by atoms with E-state index in [0.29, 0.717) is 19.4 Å². The zero-order valence-corrected chi connectivity index (χ0v) is 18.5. The molecule has 4 rings (SSSR count). The third kappa shape index (κ3) is 4.29. The van der Waals surface area contributed by atoms with Gasteiger partial charge in [-0.15, -0.1) is 0 Å². The molecule has 31 heavy (non-hydrogen) atoms. The minimum atomic E-state index is -3.67. The summed E-state index contributed by atoms with van der Waals surface area (Å²) in [5.41, 5.74) is 0.750. The molecule has 0 aromatic heterocycles. The van der Waals surface area contributed by atoms with Gasteiger partial charge in [0.15, 0.2) is 0 Å². The lowest BCUT2D eigenvalue weighted by molar-refractivity contribution is -0.123. The molecule has 3 aromatic carbocycles. The van der Waals surface area contributed by atoms with Gasteiger partial charge in [-0.1, -0.05) is 30.3 Å². The quantitative estimate of drug-likeness (QED) is 0.606. The fourth-order valence-electron chi connectivity index (χ4n) is 4.05. The molecule has 1 atom stereocenters. The molecular weight excluding hydrogens is 412 g/mol. The van der Waals surface area contributed by atoms with Crippen molar-refractivity contribution in [1.29, 1.82) is 0 Å². The average Bonchev–Trinajstić information content (AvgIpc) is 2.83. The highest BCUT2D eigenvalue weighted by atomic mass is 32.2. The van der Waals surface area contributed by atoms with Crippen LogP contribution in [0.2, 0.25) is 0 Å². The summed E-state index contributed by atoms with van der Waals surface area (Å²) in [7, 11) is -0.356. The number of sulfonamides is 1. The Morgan fingerprint density at radius 1 is 1.03 bits per heavy atom. The molecule has 1 aliphatic rings. The number of ether oxygens (including phenoxy) is 1. The van der Waals surface area contributed by atoms with E-state index in [9.17, 15) is 13.2 Å². The Kier molecular flexibility index (Phi) is 5.98. The lowest BCUT2D eigenvalue weighted by Crippen LogP contribution is -2.45. The highest BCUT2D eigenvalue weighted by Crippen LogP contribution is 2.28. The summed E-state index contributed by atoms with van der Waals surface area (Å²) >= 11 is 0. The number of amides is 1. The molecule has 6 nitrogen and oxygen atoms in total. The molecule has 0 radical (unpaired) electrons. The number of piperidine rings is 1. The maximum atomic E-state index is 13.3. The van der Waals surface area contributed by atoms with Crippen LogP contribution in [0.1, 0.15) is 12.8 Å². The molecule has 1 heterocycles. The predicted octanol–water partition coefficient (Wildman–Crippen LogP) is 3.91. The normalized spacial score (nSPS) is 17.4. The van der Waals surface area contributed by atoms with E-state index in [0.717, 1.165) is 22.2 Å². The Morgan fingerprint density at radius 3 is 2.45 bits per heavy atom. The molecule has 3 aromatic rings. The van der Waals surface area contributed by atoms with Crippen molar-refractivity contribution in [3.05, 3.63) is 66.7 Å². The summed E-state index contributed by atoms with van der Waals surface area (Å²) in [4.78, 5) is 15.0. The van der Waals surface area contributed by atoms with Gasteiger partial charge in [-0.3, -0.25) is 4.79 Å². The Balaban J connectivity index is 1.53. The maximum Gasteiger partial charge on any atom is 0.243 e. The first-order valence-corrected chi connectivity index (χ1v) is 11.7. The number of fused-ring (bicyclic) bond motifs is 1. The van der Waals surface area contributed by atoms with Crippen LogP contribution in [-0.4, -0.2) is 45.9 Å². The van der Waals surface area contributed by atoms with E-state index >= 15 is 0 Å². The van der Waals surface area contributed by atoms with Gasteiger partial charge in [-0.05, 0) is 60.0 Å². The highest BCUT2D eigenvalue weighted by molar-refractivity contribution is 7.89. The van der Waals surface area contributed by atoms with Gasteiger partial charge in [0.25, 0.3) is 0 Å². The lowest BCUT2D eigenvalue weighted by Gasteiger charge is -2.33. The first-order valence-electron chi connectivity index (χ1n) is 10.3.